The van der Waals surface area contributed by atoms with Gasteiger partial charge in [0.05, 0.1) is 23.8 Å². The van der Waals surface area contributed by atoms with E-state index in [1.807, 2.05) is 6.92 Å². The van der Waals surface area contributed by atoms with E-state index in [0.717, 1.165) is 0 Å². The Morgan fingerprint density at radius 2 is 1.75 bits per heavy atom. The maximum absolute atomic E-state index is 12.3. The third-order valence-electron chi connectivity index (χ3n) is 3.15. The monoisotopic (exact) mass is 347 g/mol. The normalized spacial score (nSPS) is 10.1. The van der Waals surface area contributed by atoms with Crippen molar-refractivity contribution in [1.82, 2.24) is 0 Å². The fourth-order valence-electron chi connectivity index (χ4n) is 2.04. The average molecular weight is 348 g/mol. The summed E-state index contributed by atoms with van der Waals surface area (Å²) in [5.41, 5.74) is 1.15. The van der Waals surface area contributed by atoms with Gasteiger partial charge >= 0.3 is 5.97 Å². The molecule has 126 valence electrons. The number of amides is 1. The van der Waals surface area contributed by atoms with Crippen molar-refractivity contribution in [2.24, 2.45) is 0 Å². The van der Waals surface area contributed by atoms with E-state index in [2.05, 4.69) is 5.32 Å². The number of carbonyl (C=O) groups excluding carboxylic acids is 2. The van der Waals surface area contributed by atoms with Crippen LogP contribution >= 0.6 is 11.6 Å². The quantitative estimate of drug-likeness (QED) is 0.796. The van der Waals surface area contributed by atoms with Crippen LogP contribution in [-0.4, -0.2) is 25.1 Å². The molecule has 2 rings (SSSR count). The molecular weight excluding hydrogens is 330 g/mol. The van der Waals surface area contributed by atoms with E-state index in [0.29, 0.717) is 23.6 Å². The van der Waals surface area contributed by atoms with Gasteiger partial charge in [0, 0.05) is 11.3 Å². The van der Waals surface area contributed by atoms with Crippen molar-refractivity contribution in [1.29, 1.82) is 0 Å². The summed E-state index contributed by atoms with van der Waals surface area (Å²) >= 11 is 6.00. The molecule has 0 radical (unpaired) electrons. The topological polar surface area (TPSA) is 64.6 Å². The molecule has 6 heteroatoms. The predicted molar refractivity (Wildman–Crippen MR) is 93.0 cm³/mol. The third-order valence-corrected chi connectivity index (χ3v) is 3.48. The van der Waals surface area contributed by atoms with Crippen LogP contribution in [0, 0.1) is 0 Å². The van der Waals surface area contributed by atoms with E-state index in [9.17, 15) is 9.59 Å². The second-order valence-electron chi connectivity index (χ2n) is 4.83. The van der Waals surface area contributed by atoms with Crippen LogP contribution in [0.2, 0.25) is 5.02 Å². The van der Waals surface area contributed by atoms with E-state index < -0.39 is 5.97 Å². The summed E-state index contributed by atoms with van der Waals surface area (Å²) in [4.78, 5) is 24.1. The number of halogens is 1. The smallest absolute Gasteiger partial charge is 0.339 e. The molecule has 0 atom stereocenters. The van der Waals surface area contributed by atoms with Crippen molar-refractivity contribution >= 4 is 29.2 Å². The first kappa shape index (κ1) is 17.8. The predicted octanol–water partition coefficient (Wildman–Crippen LogP) is 4.17. The van der Waals surface area contributed by atoms with Crippen LogP contribution in [0.25, 0.3) is 0 Å². The summed E-state index contributed by atoms with van der Waals surface area (Å²) in [6.45, 7) is 4.41. The maximum atomic E-state index is 12.3. The minimum Gasteiger partial charge on any atom is -0.494 e. The minimum atomic E-state index is -0.528. The molecule has 0 heterocycles. The Morgan fingerprint density at radius 1 is 1.04 bits per heavy atom. The molecule has 0 aliphatic rings. The van der Waals surface area contributed by atoms with Crippen molar-refractivity contribution in [2.45, 2.75) is 13.8 Å². The summed E-state index contributed by atoms with van der Waals surface area (Å²) in [7, 11) is 0. The first-order valence-corrected chi connectivity index (χ1v) is 7.93. The first-order valence-electron chi connectivity index (χ1n) is 7.56. The van der Waals surface area contributed by atoms with E-state index in [-0.39, 0.29) is 23.1 Å². The molecule has 0 fully saturated rings. The number of hydrogen-bond acceptors (Lipinski definition) is 4. The van der Waals surface area contributed by atoms with Gasteiger partial charge in [0.1, 0.15) is 5.75 Å². The Morgan fingerprint density at radius 3 is 2.38 bits per heavy atom. The highest BCUT2D eigenvalue weighted by molar-refractivity contribution is 6.33. The second-order valence-corrected chi connectivity index (χ2v) is 5.23. The van der Waals surface area contributed by atoms with Crippen LogP contribution in [0.15, 0.2) is 42.5 Å². The lowest BCUT2D eigenvalue weighted by molar-refractivity contribution is 0.0526. The van der Waals surface area contributed by atoms with Crippen LogP contribution in [0.1, 0.15) is 34.6 Å². The number of ether oxygens (including phenoxy) is 2. The van der Waals surface area contributed by atoms with Gasteiger partial charge in [-0.25, -0.2) is 4.79 Å². The largest absolute Gasteiger partial charge is 0.494 e. The molecule has 0 unspecified atom stereocenters. The highest BCUT2D eigenvalue weighted by atomic mass is 35.5. The Labute approximate surface area is 145 Å². The van der Waals surface area contributed by atoms with Crippen LogP contribution in [-0.2, 0) is 4.74 Å². The van der Waals surface area contributed by atoms with Crippen LogP contribution in [0.5, 0.6) is 5.75 Å². The molecule has 0 saturated carbocycles. The van der Waals surface area contributed by atoms with Gasteiger partial charge in [-0.05, 0) is 56.3 Å². The molecule has 5 nitrogen and oxygen atoms in total. The highest BCUT2D eigenvalue weighted by Gasteiger charge is 2.14. The van der Waals surface area contributed by atoms with E-state index in [1.54, 1.807) is 43.3 Å². The fourth-order valence-corrected chi connectivity index (χ4v) is 2.24. The van der Waals surface area contributed by atoms with Gasteiger partial charge in [-0.3, -0.25) is 4.79 Å². The van der Waals surface area contributed by atoms with E-state index in [1.165, 1.54) is 6.07 Å². The molecule has 0 bridgehead atoms. The third kappa shape index (κ3) is 4.49. The molecule has 2 aromatic carbocycles. The molecule has 24 heavy (non-hydrogen) atoms. The standard InChI is InChI=1S/C18H18ClNO4/c1-3-23-14-8-5-12(6-9-14)17(21)20-13-7-10-16(19)15(11-13)18(22)24-4-2/h5-11H,3-4H2,1-2H3,(H,20,21). The van der Waals surface area contributed by atoms with Gasteiger partial charge in [0.25, 0.3) is 5.91 Å². The SMILES string of the molecule is CCOC(=O)c1cc(NC(=O)c2ccc(OCC)cc2)ccc1Cl. The minimum absolute atomic E-state index is 0.211. The lowest BCUT2D eigenvalue weighted by Gasteiger charge is -2.09. The molecule has 0 saturated heterocycles. The summed E-state index contributed by atoms with van der Waals surface area (Å²) in [5.74, 6) is -0.125. The van der Waals surface area contributed by atoms with Gasteiger partial charge < -0.3 is 14.8 Å². The molecule has 0 aromatic heterocycles. The Hall–Kier alpha value is -2.53. The van der Waals surface area contributed by atoms with E-state index in [4.69, 9.17) is 21.1 Å². The molecule has 0 aliphatic carbocycles. The fraction of sp³-hybridized carbons (Fsp3) is 0.222. The van der Waals surface area contributed by atoms with Crippen LogP contribution in [0.3, 0.4) is 0 Å². The number of esters is 1. The summed E-state index contributed by atoms with van der Waals surface area (Å²) in [5, 5.41) is 3.00. The number of hydrogen-bond donors (Lipinski definition) is 1. The molecule has 0 spiro atoms. The molecule has 1 N–H and O–H groups in total. The zero-order chi connectivity index (χ0) is 17.5. The Bertz CT molecular complexity index is 728. The molecular formula is C18H18ClNO4. The van der Waals surface area contributed by atoms with Crippen LogP contribution < -0.4 is 10.1 Å². The van der Waals surface area contributed by atoms with Gasteiger partial charge in [0.2, 0.25) is 0 Å². The summed E-state index contributed by atoms with van der Waals surface area (Å²) < 4.78 is 10.3. The summed E-state index contributed by atoms with van der Waals surface area (Å²) in [6, 6.07) is 11.4. The Kier molecular flexibility index (Phi) is 6.21. The second kappa shape index (κ2) is 8.36. The van der Waals surface area contributed by atoms with Crippen molar-refractivity contribution in [3.63, 3.8) is 0 Å². The molecule has 0 aliphatic heterocycles. The van der Waals surface area contributed by atoms with Crippen LogP contribution in [0.4, 0.5) is 5.69 Å². The number of carbonyl (C=O) groups is 2. The van der Waals surface area contributed by atoms with Gasteiger partial charge in [-0.15, -0.1) is 0 Å². The number of rotatable bonds is 6. The molecule has 2 aromatic rings. The zero-order valence-corrected chi connectivity index (χ0v) is 14.2. The number of nitrogens with one attached hydrogen (secondary N) is 1. The highest BCUT2D eigenvalue weighted by Crippen LogP contribution is 2.22. The van der Waals surface area contributed by atoms with Gasteiger partial charge in [-0.2, -0.15) is 0 Å². The van der Waals surface area contributed by atoms with Gasteiger partial charge in [-0.1, -0.05) is 11.6 Å². The van der Waals surface area contributed by atoms with Crippen molar-refractivity contribution in [3.8, 4) is 5.75 Å². The Balaban J connectivity index is 2.13. The van der Waals surface area contributed by atoms with Gasteiger partial charge in [0.15, 0.2) is 0 Å². The number of benzene rings is 2. The summed E-state index contributed by atoms with van der Waals surface area (Å²) in [6.07, 6.45) is 0. The van der Waals surface area contributed by atoms with Crippen molar-refractivity contribution < 1.29 is 19.1 Å². The van der Waals surface area contributed by atoms with E-state index >= 15 is 0 Å². The van der Waals surface area contributed by atoms with Crippen molar-refractivity contribution in [2.75, 3.05) is 18.5 Å². The average Bonchev–Trinajstić information content (AvgIpc) is 2.57. The maximum Gasteiger partial charge on any atom is 0.339 e. The zero-order valence-electron chi connectivity index (χ0n) is 13.5. The lowest BCUT2D eigenvalue weighted by atomic mass is 10.1. The first-order chi connectivity index (χ1) is 11.5. The number of anilines is 1. The van der Waals surface area contributed by atoms with Crippen molar-refractivity contribution in [3.05, 3.63) is 58.6 Å². The molecule has 1 amide bonds. The lowest BCUT2D eigenvalue weighted by Crippen LogP contribution is -2.13.